The zero-order valence-corrected chi connectivity index (χ0v) is 23.5. The molecule has 0 spiro atoms. The topological polar surface area (TPSA) is 70.1 Å². The van der Waals surface area contributed by atoms with E-state index in [0.29, 0.717) is 23.4 Å². The summed E-state index contributed by atoms with van der Waals surface area (Å²) in [4.78, 5) is 27.9. The third-order valence-corrected chi connectivity index (χ3v) is 7.94. The third kappa shape index (κ3) is 6.87. The van der Waals surface area contributed by atoms with E-state index in [-0.39, 0.29) is 30.2 Å². The minimum Gasteiger partial charge on any atom is -0.497 e. The summed E-state index contributed by atoms with van der Waals surface area (Å²) in [5.41, 5.74) is -2.84. The second-order valence-electron chi connectivity index (χ2n) is 10.8. The highest BCUT2D eigenvalue weighted by Gasteiger charge is 2.62. The number of carbonyl (C=O) groups is 2. The van der Waals surface area contributed by atoms with Gasteiger partial charge in [0.25, 0.3) is 17.4 Å². The number of hydrogen-bond acceptors (Lipinski definition) is 4. The van der Waals surface area contributed by atoms with E-state index in [0.717, 1.165) is 48.3 Å². The first kappa shape index (κ1) is 30.8. The van der Waals surface area contributed by atoms with E-state index in [1.165, 1.54) is 24.1 Å². The number of hydrogen-bond donors (Lipinski definition) is 1. The van der Waals surface area contributed by atoms with Crippen molar-refractivity contribution in [2.45, 2.75) is 57.2 Å². The fourth-order valence-corrected chi connectivity index (χ4v) is 5.28. The van der Waals surface area contributed by atoms with E-state index in [4.69, 9.17) is 16.3 Å². The van der Waals surface area contributed by atoms with Crippen LogP contribution in [0, 0.1) is 5.41 Å². The summed E-state index contributed by atoms with van der Waals surface area (Å²) in [6, 6.07) is 10.3. The standard InChI is InChI=1S/C29H36ClF3N2O4/c1-27(13-6-5-8-20-11-12-23(24(30)18-20)25(36)34(2)3)14-16-35(17-15-27)26(37)28(38,29(31,32)33)21-9-7-10-22(19-21)39-4/h7,9-12,18-19,38H,5-6,8,13-17H2,1-4H3/t28-/m1/s1. The Balaban J connectivity index is 1.57. The number of aliphatic hydroxyl groups is 1. The van der Waals surface area contributed by atoms with Crippen LogP contribution in [0.15, 0.2) is 42.5 Å². The maximum Gasteiger partial charge on any atom is 0.430 e. The molecule has 0 aliphatic carbocycles. The monoisotopic (exact) mass is 568 g/mol. The lowest BCUT2D eigenvalue weighted by Crippen LogP contribution is -2.57. The number of halogens is 4. The number of likely N-dealkylation sites (tertiary alicyclic amines) is 1. The average molecular weight is 569 g/mol. The first-order chi connectivity index (χ1) is 18.2. The number of rotatable bonds is 9. The summed E-state index contributed by atoms with van der Waals surface area (Å²) in [5, 5.41) is 11.2. The molecule has 0 radical (unpaired) electrons. The smallest absolute Gasteiger partial charge is 0.430 e. The quantitative estimate of drug-likeness (QED) is 0.386. The predicted octanol–water partition coefficient (Wildman–Crippen LogP) is 5.84. The van der Waals surface area contributed by atoms with Gasteiger partial charge in [0.15, 0.2) is 0 Å². The number of piperidine rings is 1. The summed E-state index contributed by atoms with van der Waals surface area (Å²) in [6.07, 6.45) is -0.681. The van der Waals surface area contributed by atoms with E-state index < -0.39 is 23.2 Å². The van der Waals surface area contributed by atoms with Gasteiger partial charge in [-0.3, -0.25) is 9.59 Å². The van der Waals surface area contributed by atoms with E-state index in [1.54, 1.807) is 20.2 Å². The van der Waals surface area contributed by atoms with Crippen LogP contribution in [0.3, 0.4) is 0 Å². The molecule has 3 rings (SSSR count). The molecule has 1 saturated heterocycles. The van der Waals surface area contributed by atoms with Crippen molar-refractivity contribution in [2.24, 2.45) is 5.41 Å². The molecule has 6 nitrogen and oxygen atoms in total. The Morgan fingerprint density at radius 2 is 1.77 bits per heavy atom. The zero-order chi connectivity index (χ0) is 29.0. The lowest BCUT2D eigenvalue weighted by atomic mass is 9.75. The lowest BCUT2D eigenvalue weighted by molar-refractivity contribution is -0.262. The Hall–Kier alpha value is -2.78. The Labute approximate surface area is 232 Å². The van der Waals surface area contributed by atoms with E-state index in [9.17, 15) is 27.9 Å². The van der Waals surface area contributed by atoms with Gasteiger partial charge in [-0.1, -0.05) is 43.1 Å². The van der Waals surface area contributed by atoms with Gasteiger partial charge in [-0.05, 0) is 67.3 Å². The third-order valence-electron chi connectivity index (χ3n) is 7.63. The Kier molecular flexibility index (Phi) is 9.60. The number of carbonyl (C=O) groups excluding carboxylic acids is 2. The molecule has 0 saturated carbocycles. The summed E-state index contributed by atoms with van der Waals surface area (Å²) in [5.74, 6) is -1.39. The molecule has 1 aliphatic heterocycles. The van der Waals surface area contributed by atoms with Gasteiger partial charge in [-0.25, -0.2) is 0 Å². The second-order valence-corrected chi connectivity index (χ2v) is 11.2. The molecule has 2 aromatic carbocycles. The van der Waals surface area contributed by atoms with Crippen LogP contribution in [0.25, 0.3) is 0 Å². The Bertz CT molecular complexity index is 1180. The lowest BCUT2D eigenvalue weighted by Gasteiger charge is -2.42. The van der Waals surface area contributed by atoms with Crippen LogP contribution >= 0.6 is 11.6 Å². The van der Waals surface area contributed by atoms with Crippen LogP contribution in [0.5, 0.6) is 5.75 Å². The van der Waals surface area contributed by atoms with Crippen molar-refractivity contribution in [3.05, 3.63) is 64.2 Å². The molecule has 214 valence electrons. The Morgan fingerprint density at radius 1 is 1.10 bits per heavy atom. The number of aryl methyl sites for hydroxylation is 1. The highest BCUT2D eigenvalue weighted by Crippen LogP contribution is 2.43. The molecule has 1 aliphatic rings. The number of methoxy groups -OCH3 is 1. The largest absolute Gasteiger partial charge is 0.497 e. The molecule has 2 amide bonds. The van der Waals surface area contributed by atoms with Crippen LogP contribution in [0.4, 0.5) is 13.2 Å². The number of alkyl halides is 3. The van der Waals surface area contributed by atoms with Crippen molar-refractivity contribution < 1.29 is 32.6 Å². The summed E-state index contributed by atoms with van der Waals surface area (Å²) >= 11 is 6.30. The molecular weight excluding hydrogens is 533 g/mol. The molecule has 0 aromatic heterocycles. The molecule has 2 aromatic rings. The Morgan fingerprint density at radius 3 is 2.33 bits per heavy atom. The molecule has 39 heavy (non-hydrogen) atoms. The molecule has 0 unspecified atom stereocenters. The number of amides is 2. The normalized spacial score (nSPS) is 16.9. The fourth-order valence-electron chi connectivity index (χ4n) is 4.99. The van der Waals surface area contributed by atoms with Gasteiger partial charge in [0.05, 0.1) is 17.7 Å². The molecule has 1 atom stereocenters. The van der Waals surface area contributed by atoms with Crippen molar-refractivity contribution >= 4 is 23.4 Å². The van der Waals surface area contributed by atoms with Crippen LogP contribution in [0.2, 0.25) is 5.02 Å². The first-order valence-electron chi connectivity index (χ1n) is 12.9. The maximum atomic E-state index is 14.1. The molecule has 1 N–H and O–H groups in total. The van der Waals surface area contributed by atoms with Gasteiger partial charge in [0.1, 0.15) is 5.75 Å². The van der Waals surface area contributed by atoms with Gasteiger partial charge in [0, 0.05) is 32.7 Å². The van der Waals surface area contributed by atoms with Crippen LogP contribution < -0.4 is 4.74 Å². The van der Waals surface area contributed by atoms with Gasteiger partial charge in [-0.15, -0.1) is 0 Å². The van der Waals surface area contributed by atoms with Gasteiger partial charge >= 0.3 is 6.18 Å². The SMILES string of the molecule is COc1cccc([C@@](O)(C(=O)N2CCC(C)(CCCCc3ccc(C(=O)N(C)C)c(Cl)c3)CC2)C(F)(F)F)c1. The maximum absolute atomic E-state index is 14.1. The van der Waals surface area contributed by atoms with E-state index >= 15 is 0 Å². The van der Waals surface area contributed by atoms with Crippen LogP contribution in [-0.2, 0) is 16.8 Å². The van der Waals surface area contributed by atoms with Gasteiger partial charge in [-0.2, -0.15) is 13.2 Å². The summed E-state index contributed by atoms with van der Waals surface area (Å²) in [7, 11) is 4.65. The summed E-state index contributed by atoms with van der Waals surface area (Å²) < 4.78 is 47.2. The van der Waals surface area contributed by atoms with Crippen molar-refractivity contribution in [1.82, 2.24) is 9.80 Å². The van der Waals surface area contributed by atoms with E-state index in [2.05, 4.69) is 6.92 Å². The summed E-state index contributed by atoms with van der Waals surface area (Å²) in [6.45, 7) is 2.36. The van der Waals surface area contributed by atoms with Crippen molar-refractivity contribution in [2.75, 3.05) is 34.3 Å². The van der Waals surface area contributed by atoms with Gasteiger partial charge in [0.2, 0.25) is 0 Å². The predicted molar refractivity (Wildman–Crippen MR) is 144 cm³/mol. The molecular formula is C29H36ClF3N2O4. The number of unbranched alkanes of at least 4 members (excludes halogenated alkanes) is 1. The second kappa shape index (κ2) is 12.2. The van der Waals surface area contributed by atoms with Gasteiger partial charge < -0.3 is 19.6 Å². The van der Waals surface area contributed by atoms with Crippen LogP contribution in [-0.4, -0.2) is 67.2 Å². The van der Waals surface area contributed by atoms with Crippen molar-refractivity contribution in [3.8, 4) is 5.75 Å². The van der Waals surface area contributed by atoms with Crippen LogP contribution in [0.1, 0.15) is 60.5 Å². The molecule has 10 heteroatoms. The molecule has 1 fully saturated rings. The highest BCUT2D eigenvalue weighted by atomic mass is 35.5. The number of benzene rings is 2. The first-order valence-corrected chi connectivity index (χ1v) is 13.3. The van der Waals surface area contributed by atoms with Crippen molar-refractivity contribution in [1.29, 1.82) is 0 Å². The number of nitrogens with zero attached hydrogens (tertiary/aromatic N) is 2. The highest BCUT2D eigenvalue weighted by molar-refractivity contribution is 6.33. The molecule has 0 bridgehead atoms. The van der Waals surface area contributed by atoms with E-state index in [1.807, 2.05) is 12.1 Å². The van der Waals surface area contributed by atoms with Crippen molar-refractivity contribution in [3.63, 3.8) is 0 Å². The average Bonchev–Trinajstić information content (AvgIpc) is 2.89. The minimum atomic E-state index is -5.20. The number of ether oxygens (including phenoxy) is 1. The zero-order valence-electron chi connectivity index (χ0n) is 22.8. The molecule has 1 heterocycles. The minimum absolute atomic E-state index is 0.120. The fraction of sp³-hybridized carbons (Fsp3) is 0.517.